The molecule has 1 aromatic rings. The molecule has 2 amide bonds. The fraction of sp³-hybridized carbons (Fsp3) is 0.438. The van der Waals surface area contributed by atoms with Crippen molar-refractivity contribution in [3.05, 3.63) is 33.7 Å². The molecule has 1 atom stereocenters. The topological polar surface area (TPSA) is 93.7 Å². The molecule has 0 fully saturated rings. The molecule has 2 rings (SSSR count). The number of nitrogens with one attached hydrogen (secondary N) is 2. The second-order valence-corrected chi connectivity index (χ2v) is 6.01. The second kappa shape index (κ2) is 8.49. The zero-order valence-corrected chi connectivity index (χ0v) is 14.4. The third-order valence-corrected chi connectivity index (χ3v) is 4.17. The maximum Gasteiger partial charge on any atom is 0.338 e. The molecule has 0 spiro atoms. The molecule has 0 aromatic carbocycles. The van der Waals surface area contributed by atoms with Gasteiger partial charge >= 0.3 is 18.0 Å². The standard InChI is InChI=1S/C16H20N2O5S/c1-3-22-15(20)14-10(2)17-16(21)18-12(14)8-23-13(19)5-4-11-6-7-24-9-11/h6-7,9-10H,3-5,8H2,1-2H3,(H2,17,18,21)/t10-/m0/s1. The highest BCUT2D eigenvalue weighted by Crippen LogP contribution is 2.15. The van der Waals surface area contributed by atoms with Crippen molar-refractivity contribution in [2.24, 2.45) is 0 Å². The Balaban J connectivity index is 1.97. The summed E-state index contributed by atoms with van der Waals surface area (Å²) in [4.78, 5) is 35.5. The average Bonchev–Trinajstić information content (AvgIpc) is 3.03. The number of aryl methyl sites for hydroxylation is 1. The van der Waals surface area contributed by atoms with Gasteiger partial charge in [0.25, 0.3) is 0 Å². The highest BCUT2D eigenvalue weighted by atomic mass is 32.1. The molecule has 2 N–H and O–H groups in total. The van der Waals surface area contributed by atoms with E-state index in [4.69, 9.17) is 9.47 Å². The number of thiophene rings is 1. The van der Waals surface area contributed by atoms with Gasteiger partial charge in [-0.15, -0.1) is 0 Å². The first-order chi connectivity index (χ1) is 11.5. The minimum Gasteiger partial charge on any atom is -0.463 e. The lowest BCUT2D eigenvalue weighted by atomic mass is 10.0. The van der Waals surface area contributed by atoms with E-state index in [9.17, 15) is 14.4 Å². The first-order valence-electron chi connectivity index (χ1n) is 7.65. The zero-order chi connectivity index (χ0) is 17.5. The van der Waals surface area contributed by atoms with Crippen molar-refractivity contribution in [2.75, 3.05) is 13.2 Å². The molecule has 0 saturated heterocycles. The van der Waals surface area contributed by atoms with Crippen LogP contribution in [0.3, 0.4) is 0 Å². The highest BCUT2D eigenvalue weighted by molar-refractivity contribution is 7.07. The van der Waals surface area contributed by atoms with E-state index in [1.165, 1.54) is 0 Å². The van der Waals surface area contributed by atoms with Gasteiger partial charge in [-0.1, -0.05) is 0 Å². The van der Waals surface area contributed by atoms with Gasteiger partial charge in [0.05, 0.1) is 23.9 Å². The van der Waals surface area contributed by atoms with Crippen LogP contribution in [-0.2, 0) is 25.5 Å². The molecule has 2 heterocycles. The Morgan fingerprint density at radius 1 is 1.33 bits per heavy atom. The van der Waals surface area contributed by atoms with Crippen molar-refractivity contribution in [1.29, 1.82) is 0 Å². The first kappa shape index (κ1) is 18.0. The Morgan fingerprint density at radius 2 is 2.12 bits per heavy atom. The summed E-state index contributed by atoms with van der Waals surface area (Å²) in [5.74, 6) is -0.931. The van der Waals surface area contributed by atoms with Crippen molar-refractivity contribution in [1.82, 2.24) is 10.6 Å². The van der Waals surface area contributed by atoms with Crippen LogP contribution in [0.15, 0.2) is 28.1 Å². The average molecular weight is 352 g/mol. The van der Waals surface area contributed by atoms with Crippen LogP contribution in [-0.4, -0.2) is 37.2 Å². The lowest BCUT2D eigenvalue weighted by Gasteiger charge is -2.26. The number of hydrogen-bond donors (Lipinski definition) is 2. The van der Waals surface area contributed by atoms with Crippen molar-refractivity contribution < 1.29 is 23.9 Å². The predicted octanol–water partition coefficient (Wildman–Crippen LogP) is 1.74. The lowest BCUT2D eigenvalue weighted by Crippen LogP contribution is -2.50. The van der Waals surface area contributed by atoms with Gasteiger partial charge in [0.15, 0.2) is 0 Å². The molecule has 1 aliphatic heterocycles. The summed E-state index contributed by atoms with van der Waals surface area (Å²) in [5.41, 5.74) is 1.60. The fourth-order valence-corrected chi connectivity index (χ4v) is 3.00. The van der Waals surface area contributed by atoms with Crippen LogP contribution in [0.1, 0.15) is 25.8 Å². The predicted molar refractivity (Wildman–Crippen MR) is 88.4 cm³/mol. The van der Waals surface area contributed by atoms with Crippen LogP contribution in [0, 0.1) is 0 Å². The van der Waals surface area contributed by atoms with Crippen molar-refractivity contribution >= 4 is 29.3 Å². The number of hydrogen-bond acceptors (Lipinski definition) is 6. The minimum atomic E-state index is -0.540. The van der Waals surface area contributed by atoms with Crippen molar-refractivity contribution in [2.45, 2.75) is 32.7 Å². The van der Waals surface area contributed by atoms with Crippen molar-refractivity contribution in [3.8, 4) is 0 Å². The molecule has 1 aromatic heterocycles. The lowest BCUT2D eigenvalue weighted by molar-refractivity contribution is -0.143. The number of amides is 2. The molecule has 0 radical (unpaired) electrons. The molecule has 0 bridgehead atoms. The number of rotatable bonds is 7. The van der Waals surface area contributed by atoms with Crippen LogP contribution in [0.25, 0.3) is 0 Å². The Kier molecular flexibility index (Phi) is 6.36. The van der Waals surface area contributed by atoms with Gasteiger partial charge in [-0.2, -0.15) is 11.3 Å². The van der Waals surface area contributed by atoms with Crippen LogP contribution < -0.4 is 10.6 Å². The van der Waals surface area contributed by atoms with Gasteiger partial charge in [-0.3, -0.25) is 4.79 Å². The third kappa shape index (κ3) is 4.82. The van der Waals surface area contributed by atoms with Crippen LogP contribution in [0.5, 0.6) is 0 Å². The second-order valence-electron chi connectivity index (χ2n) is 5.23. The zero-order valence-electron chi connectivity index (χ0n) is 13.6. The quantitative estimate of drug-likeness (QED) is 0.729. The summed E-state index contributed by atoms with van der Waals surface area (Å²) in [6.45, 7) is 3.41. The minimum absolute atomic E-state index is 0.172. The molecule has 0 unspecified atom stereocenters. The summed E-state index contributed by atoms with van der Waals surface area (Å²) in [5, 5.41) is 9.02. The van der Waals surface area contributed by atoms with Gasteiger partial charge in [-0.05, 0) is 42.7 Å². The summed E-state index contributed by atoms with van der Waals surface area (Å²) in [7, 11) is 0. The van der Waals surface area contributed by atoms with Gasteiger partial charge in [-0.25, -0.2) is 9.59 Å². The smallest absolute Gasteiger partial charge is 0.338 e. The molecule has 0 saturated carbocycles. The fourth-order valence-electron chi connectivity index (χ4n) is 2.30. The van der Waals surface area contributed by atoms with E-state index in [1.54, 1.807) is 25.2 Å². The SMILES string of the molecule is CCOC(=O)C1=C(COC(=O)CCc2ccsc2)NC(=O)N[C@H]1C. The van der Waals surface area contributed by atoms with E-state index in [1.807, 2.05) is 16.8 Å². The maximum atomic E-state index is 12.0. The number of esters is 2. The van der Waals surface area contributed by atoms with E-state index in [0.29, 0.717) is 6.42 Å². The van der Waals surface area contributed by atoms with Crippen LogP contribution >= 0.6 is 11.3 Å². The molecule has 1 aliphatic rings. The Labute approximate surface area is 144 Å². The van der Waals surface area contributed by atoms with E-state index < -0.39 is 24.0 Å². The van der Waals surface area contributed by atoms with Crippen molar-refractivity contribution in [3.63, 3.8) is 0 Å². The Morgan fingerprint density at radius 3 is 2.79 bits per heavy atom. The number of carbonyl (C=O) groups is 3. The normalized spacial score (nSPS) is 17.1. The Bertz CT molecular complexity index is 639. The molecular weight excluding hydrogens is 332 g/mol. The summed E-state index contributed by atoms with van der Waals surface area (Å²) in [6.07, 6.45) is 0.830. The molecule has 7 nitrogen and oxygen atoms in total. The number of carbonyl (C=O) groups excluding carboxylic acids is 3. The van der Waals surface area contributed by atoms with E-state index in [2.05, 4.69) is 10.6 Å². The molecule has 24 heavy (non-hydrogen) atoms. The van der Waals surface area contributed by atoms with Gasteiger partial charge in [0.1, 0.15) is 6.61 Å². The largest absolute Gasteiger partial charge is 0.463 e. The molecule has 0 aliphatic carbocycles. The molecular formula is C16H20N2O5S. The summed E-state index contributed by atoms with van der Waals surface area (Å²) < 4.78 is 10.2. The van der Waals surface area contributed by atoms with Gasteiger partial charge in [0, 0.05) is 6.42 Å². The Hall–Kier alpha value is -2.35. The van der Waals surface area contributed by atoms with E-state index >= 15 is 0 Å². The first-order valence-corrected chi connectivity index (χ1v) is 8.60. The molecule has 8 heteroatoms. The van der Waals surface area contributed by atoms with Gasteiger partial charge < -0.3 is 20.1 Å². The highest BCUT2D eigenvalue weighted by Gasteiger charge is 2.30. The van der Waals surface area contributed by atoms with Gasteiger partial charge in [0.2, 0.25) is 0 Å². The third-order valence-electron chi connectivity index (χ3n) is 3.44. The van der Waals surface area contributed by atoms with Crippen LogP contribution in [0.4, 0.5) is 4.79 Å². The number of urea groups is 1. The van der Waals surface area contributed by atoms with E-state index in [-0.39, 0.29) is 30.9 Å². The summed E-state index contributed by atoms with van der Waals surface area (Å²) in [6, 6.07) is 0.991. The number of ether oxygens (including phenoxy) is 2. The maximum absolute atomic E-state index is 12.0. The van der Waals surface area contributed by atoms with E-state index in [0.717, 1.165) is 5.56 Å². The monoisotopic (exact) mass is 352 g/mol. The molecule has 130 valence electrons. The van der Waals surface area contributed by atoms with Crippen LogP contribution in [0.2, 0.25) is 0 Å². The summed E-state index contributed by atoms with van der Waals surface area (Å²) >= 11 is 1.57.